The van der Waals surface area contributed by atoms with Crippen LogP contribution in [0.1, 0.15) is 32.6 Å². The van der Waals surface area contributed by atoms with E-state index in [9.17, 15) is 5.11 Å². The fourth-order valence-electron chi connectivity index (χ4n) is 2.74. The predicted octanol–water partition coefficient (Wildman–Crippen LogP) is 0.583. The SMILES string of the molecule is CC1CCC2(CC1)N[C@]1(O)O[C@H]21. The van der Waals surface area contributed by atoms with Crippen LogP contribution in [0.5, 0.6) is 0 Å². The van der Waals surface area contributed by atoms with Crippen molar-refractivity contribution in [3.05, 3.63) is 0 Å². The highest BCUT2D eigenvalue weighted by Gasteiger charge is 2.77. The zero-order chi connectivity index (χ0) is 8.40. The third-order valence-corrected chi connectivity index (χ3v) is 3.69. The molecular weight excluding hydrogens is 154 g/mol. The van der Waals surface area contributed by atoms with Gasteiger partial charge in [0, 0.05) is 0 Å². The van der Waals surface area contributed by atoms with Crippen LogP contribution >= 0.6 is 0 Å². The lowest BCUT2D eigenvalue weighted by Crippen LogP contribution is -2.69. The summed E-state index contributed by atoms with van der Waals surface area (Å²) in [7, 11) is 0. The lowest BCUT2D eigenvalue weighted by Gasteiger charge is -2.45. The Labute approximate surface area is 72.1 Å². The molecule has 12 heavy (non-hydrogen) atoms. The number of nitrogens with one attached hydrogen (secondary N) is 1. The Bertz CT molecular complexity index is 223. The van der Waals surface area contributed by atoms with Gasteiger partial charge in [0.2, 0.25) is 0 Å². The van der Waals surface area contributed by atoms with Gasteiger partial charge in [-0.3, -0.25) is 5.32 Å². The van der Waals surface area contributed by atoms with Gasteiger partial charge in [0.25, 0.3) is 5.91 Å². The first-order valence-electron chi connectivity index (χ1n) is 4.84. The molecule has 3 rings (SSSR count). The van der Waals surface area contributed by atoms with Gasteiger partial charge in [-0.05, 0) is 31.6 Å². The van der Waals surface area contributed by atoms with Crippen LogP contribution in [-0.2, 0) is 4.74 Å². The van der Waals surface area contributed by atoms with E-state index in [4.69, 9.17) is 4.74 Å². The minimum Gasteiger partial charge on any atom is -0.351 e. The molecule has 0 aromatic heterocycles. The maximum absolute atomic E-state index is 9.44. The Balaban J connectivity index is 1.71. The molecular formula is C9H15NO2. The lowest BCUT2D eigenvalue weighted by atomic mass is 9.71. The van der Waals surface area contributed by atoms with E-state index < -0.39 is 5.91 Å². The fourth-order valence-corrected chi connectivity index (χ4v) is 2.74. The van der Waals surface area contributed by atoms with Gasteiger partial charge in [0.05, 0.1) is 5.54 Å². The second kappa shape index (κ2) is 1.86. The van der Waals surface area contributed by atoms with E-state index in [0.717, 1.165) is 5.92 Å². The molecule has 0 amide bonds. The topological polar surface area (TPSA) is 44.8 Å². The maximum Gasteiger partial charge on any atom is 0.255 e. The Morgan fingerprint density at radius 1 is 1.42 bits per heavy atom. The van der Waals surface area contributed by atoms with Crippen LogP contribution in [0.2, 0.25) is 0 Å². The minimum atomic E-state index is -0.902. The molecule has 0 unspecified atom stereocenters. The van der Waals surface area contributed by atoms with Gasteiger partial charge < -0.3 is 9.84 Å². The van der Waals surface area contributed by atoms with E-state index in [2.05, 4.69) is 12.2 Å². The zero-order valence-corrected chi connectivity index (χ0v) is 7.34. The van der Waals surface area contributed by atoms with Crippen LogP contribution < -0.4 is 5.32 Å². The molecule has 0 aromatic rings. The summed E-state index contributed by atoms with van der Waals surface area (Å²) >= 11 is 0. The highest BCUT2D eigenvalue weighted by molar-refractivity contribution is 5.22. The van der Waals surface area contributed by atoms with Gasteiger partial charge in [0.15, 0.2) is 0 Å². The predicted molar refractivity (Wildman–Crippen MR) is 43.3 cm³/mol. The van der Waals surface area contributed by atoms with Crippen LogP contribution in [0.3, 0.4) is 0 Å². The Hall–Kier alpha value is -0.120. The zero-order valence-electron chi connectivity index (χ0n) is 7.34. The molecule has 2 saturated heterocycles. The summed E-state index contributed by atoms with van der Waals surface area (Å²) < 4.78 is 5.19. The number of hydrogen-bond acceptors (Lipinski definition) is 3. The fraction of sp³-hybridized carbons (Fsp3) is 1.00. The standard InChI is InChI=1S/C9H15NO2/c1-6-2-4-8(5-3-6)7-9(11,10-8)12-7/h6-7,10-11H,2-5H2,1H3/t6?,7-,8?,9-/m1/s1. The van der Waals surface area contributed by atoms with Crippen molar-refractivity contribution in [3.8, 4) is 0 Å². The summed E-state index contributed by atoms with van der Waals surface area (Å²) in [5.41, 5.74) is 0.154. The lowest BCUT2D eigenvalue weighted by molar-refractivity contribution is -0.0593. The normalized spacial score (nSPS) is 62.5. The van der Waals surface area contributed by atoms with E-state index in [-0.39, 0.29) is 11.6 Å². The number of epoxide rings is 1. The second-order valence-corrected chi connectivity index (χ2v) is 4.66. The number of rotatable bonds is 0. The molecule has 1 saturated carbocycles. The molecule has 2 aliphatic heterocycles. The van der Waals surface area contributed by atoms with E-state index >= 15 is 0 Å². The monoisotopic (exact) mass is 169 g/mol. The highest BCUT2D eigenvalue weighted by atomic mass is 16.8. The van der Waals surface area contributed by atoms with Crippen molar-refractivity contribution in [2.24, 2.45) is 5.92 Å². The van der Waals surface area contributed by atoms with E-state index in [1.807, 2.05) is 0 Å². The molecule has 3 aliphatic rings. The quantitative estimate of drug-likeness (QED) is 0.521. The van der Waals surface area contributed by atoms with Crippen molar-refractivity contribution in [3.63, 3.8) is 0 Å². The van der Waals surface area contributed by atoms with Crippen LogP contribution in [0.25, 0.3) is 0 Å². The molecule has 68 valence electrons. The van der Waals surface area contributed by atoms with Gasteiger partial charge in [0.1, 0.15) is 6.10 Å². The van der Waals surface area contributed by atoms with Gasteiger partial charge >= 0.3 is 0 Å². The molecule has 0 aromatic carbocycles. The van der Waals surface area contributed by atoms with Crippen molar-refractivity contribution >= 4 is 0 Å². The molecule has 1 aliphatic carbocycles. The number of fused-ring (bicyclic) bond motifs is 2. The van der Waals surface area contributed by atoms with Gasteiger partial charge in [-0.15, -0.1) is 0 Å². The van der Waals surface area contributed by atoms with Crippen LogP contribution in [-0.4, -0.2) is 22.7 Å². The van der Waals surface area contributed by atoms with Crippen LogP contribution in [0, 0.1) is 5.92 Å². The van der Waals surface area contributed by atoms with Crippen LogP contribution in [0.4, 0.5) is 0 Å². The first kappa shape index (κ1) is 7.30. The molecule has 3 nitrogen and oxygen atoms in total. The van der Waals surface area contributed by atoms with E-state index in [1.54, 1.807) is 0 Å². The molecule has 2 N–H and O–H groups in total. The molecule has 1 spiro atoms. The molecule has 3 fully saturated rings. The maximum atomic E-state index is 9.44. The van der Waals surface area contributed by atoms with Crippen molar-refractivity contribution in [1.29, 1.82) is 0 Å². The van der Waals surface area contributed by atoms with Gasteiger partial charge in [-0.1, -0.05) is 6.92 Å². The average Bonchev–Trinajstić information content (AvgIpc) is 2.60. The molecule has 0 bridgehead atoms. The molecule has 2 atom stereocenters. The summed E-state index contributed by atoms with van der Waals surface area (Å²) in [5, 5.41) is 12.6. The summed E-state index contributed by atoms with van der Waals surface area (Å²) in [4.78, 5) is 0. The van der Waals surface area contributed by atoms with E-state index in [1.165, 1.54) is 25.7 Å². The Morgan fingerprint density at radius 2 is 2.08 bits per heavy atom. The van der Waals surface area contributed by atoms with E-state index in [0.29, 0.717) is 0 Å². The summed E-state index contributed by atoms with van der Waals surface area (Å²) in [6.07, 6.45) is 4.98. The van der Waals surface area contributed by atoms with Crippen molar-refractivity contribution in [2.45, 2.75) is 50.2 Å². The van der Waals surface area contributed by atoms with Gasteiger partial charge in [-0.2, -0.15) is 0 Å². The average molecular weight is 169 g/mol. The molecule has 2 heterocycles. The van der Waals surface area contributed by atoms with Crippen molar-refractivity contribution in [2.75, 3.05) is 0 Å². The van der Waals surface area contributed by atoms with Gasteiger partial charge in [-0.25, -0.2) is 0 Å². The smallest absolute Gasteiger partial charge is 0.255 e. The summed E-state index contributed by atoms with van der Waals surface area (Å²) in [6, 6.07) is 0. The first-order chi connectivity index (χ1) is 5.65. The minimum absolute atomic E-state index is 0.109. The van der Waals surface area contributed by atoms with Crippen LogP contribution in [0.15, 0.2) is 0 Å². The highest BCUT2D eigenvalue weighted by Crippen LogP contribution is 2.56. The molecule has 3 heteroatoms. The third-order valence-electron chi connectivity index (χ3n) is 3.69. The van der Waals surface area contributed by atoms with Crippen molar-refractivity contribution in [1.82, 2.24) is 5.32 Å². The Kier molecular flexibility index (Phi) is 1.13. The Morgan fingerprint density at radius 3 is 2.50 bits per heavy atom. The molecule has 0 radical (unpaired) electrons. The number of ether oxygens (including phenoxy) is 1. The summed E-state index contributed by atoms with van der Waals surface area (Å²) in [5.74, 6) is -0.0505. The first-order valence-corrected chi connectivity index (χ1v) is 4.84. The van der Waals surface area contributed by atoms with Crippen molar-refractivity contribution < 1.29 is 9.84 Å². The number of hydrogen-bond donors (Lipinski definition) is 2. The summed E-state index contributed by atoms with van der Waals surface area (Å²) in [6.45, 7) is 2.30. The third kappa shape index (κ3) is 0.721. The largest absolute Gasteiger partial charge is 0.351 e. The second-order valence-electron chi connectivity index (χ2n) is 4.66. The number of aliphatic hydroxyl groups is 1.